The molecular weight excluding hydrogens is 398 g/mol. The molecule has 2 N–H and O–H groups in total. The number of nitrogens with zero attached hydrogens (tertiary/aromatic N) is 1. The highest BCUT2D eigenvalue weighted by molar-refractivity contribution is 7.22. The third-order valence-electron chi connectivity index (χ3n) is 4.28. The summed E-state index contributed by atoms with van der Waals surface area (Å²) in [5, 5.41) is 6.08. The Labute approximate surface area is 177 Å². The van der Waals surface area contributed by atoms with Gasteiger partial charge in [0.15, 0.2) is 5.13 Å². The molecule has 0 aliphatic carbocycles. The number of carbonyl (C=O) groups is 2. The van der Waals surface area contributed by atoms with Gasteiger partial charge in [0.1, 0.15) is 5.75 Å². The van der Waals surface area contributed by atoms with Crippen LogP contribution >= 0.6 is 11.3 Å². The normalized spacial score (nSPS) is 11.6. The Morgan fingerprint density at radius 2 is 1.63 bits per heavy atom. The van der Waals surface area contributed by atoms with Gasteiger partial charge in [-0.3, -0.25) is 14.9 Å². The summed E-state index contributed by atoms with van der Waals surface area (Å²) >= 11 is 1.34. The maximum Gasteiger partial charge on any atom is 0.271 e. The predicted octanol–water partition coefficient (Wildman–Crippen LogP) is 5.01. The smallest absolute Gasteiger partial charge is 0.271 e. The first-order valence-corrected chi connectivity index (χ1v) is 10.2. The first kappa shape index (κ1) is 19.6. The number of rotatable bonds is 6. The zero-order valence-corrected chi connectivity index (χ0v) is 17.0. The van der Waals surface area contributed by atoms with Crippen LogP contribution in [0.1, 0.15) is 18.6 Å². The van der Waals surface area contributed by atoms with Gasteiger partial charge in [0.05, 0.1) is 10.2 Å². The topological polar surface area (TPSA) is 80.3 Å². The summed E-state index contributed by atoms with van der Waals surface area (Å²) in [6.07, 6.45) is -0.824. The van der Waals surface area contributed by atoms with Crippen LogP contribution in [-0.4, -0.2) is 16.8 Å². The Morgan fingerprint density at radius 1 is 0.933 bits per heavy atom. The van der Waals surface area contributed by atoms with Crippen LogP contribution in [-0.2, 0) is 9.59 Å². The molecule has 150 valence electrons. The maximum atomic E-state index is 13.1. The molecule has 0 spiro atoms. The van der Waals surface area contributed by atoms with Crippen molar-refractivity contribution in [1.82, 2.24) is 4.98 Å². The molecule has 1 heterocycles. The Bertz CT molecular complexity index is 1180. The van der Waals surface area contributed by atoms with Crippen molar-refractivity contribution < 1.29 is 14.3 Å². The summed E-state index contributed by atoms with van der Waals surface area (Å²) in [6, 6.07) is 24.0. The van der Waals surface area contributed by atoms with E-state index in [0.717, 1.165) is 15.8 Å². The highest BCUT2D eigenvalue weighted by atomic mass is 32.1. The molecule has 0 bridgehead atoms. The van der Waals surface area contributed by atoms with Gasteiger partial charge in [0.25, 0.3) is 5.91 Å². The third kappa shape index (κ3) is 4.64. The van der Waals surface area contributed by atoms with Gasteiger partial charge in [-0.15, -0.1) is 0 Å². The van der Waals surface area contributed by atoms with Gasteiger partial charge in [0, 0.05) is 18.2 Å². The zero-order chi connectivity index (χ0) is 20.9. The fourth-order valence-electron chi connectivity index (χ4n) is 2.97. The molecule has 7 heteroatoms. The molecule has 0 aliphatic heterocycles. The summed E-state index contributed by atoms with van der Waals surface area (Å²) < 4.78 is 6.85. The highest BCUT2D eigenvalue weighted by Gasteiger charge is 2.24. The first-order chi connectivity index (χ1) is 14.6. The van der Waals surface area contributed by atoms with E-state index in [4.69, 9.17) is 4.74 Å². The standard InChI is InChI=1S/C23H19N3O3S/c1-15(27)24-17-12-13-19-20(14-17)30-23(25-19)26-22(28)21(16-8-4-2-5-9-16)29-18-10-6-3-7-11-18/h2-14,21H,1H3,(H,24,27)(H,25,26,28). The molecule has 1 aromatic heterocycles. The first-order valence-electron chi connectivity index (χ1n) is 9.34. The van der Waals surface area contributed by atoms with E-state index in [-0.39, 0.29) is 11.8 Å². The van der Waals surface area contributed by atoms with Crippen molar-refractivity contribution in [3.8, 4) is 5.75 Å². The van der Waals surface area contributed by atoms with Crippen molar-refractivity contribution in [3.63, 3.8) is 0 Å². The molecule has 3 aromatic carbocycles. The van der Waals surface area contributed by atoms with Crippen molar-refractivity contribution >= 4 is 44.2 Å². The van der Waals surface area contributed by atoms with E-state index in [0.29, 0.717) is 16.6 Å². The lowest BCUT2D eigenvalue weighted by Crippen LogP contribution is -2.25. The van der Waals surface area contributed by atoms with Gasteiger partial charge in [-0.1, -0.05) is 59.9 Å². The Hall–Kier alpha value is -3.71. The quantitative estimate of drug-likeness (QED) is 0.462. The molecule has 0 saturated carbocycles. The molecule has 2 amide bonds. The minimum absolute atomic E-state index is 0.142. The number of thiazole rings is 1. The number of fused-ring (bicyclic) bond motifs is 1. The summed E-state index contributed by atoms with van der Waals surface area (Å²) in [4.78, 5) is 28.8. The highest BCUT2D eigenvalue weighted by Crippen LogP contribution is 2.30. The number of carbonyl (C=O) groups excluding carboxylic acids is 2. The minimum atomic E-state index is -0.824. The van der Waals surface area contributed by atoms with Crippen molar-refractivity contribution in [1.29, 1.82) is 0 Å². The summed E-state index contributed by atoms with van der Waals surface area (Å²) in [5.41, 5.74) is 2.17. The van der Waals surface area contributed by atoms with Crippen LogP contribution in [0.25, 0.3) is 10.2 Å². The lowest BCUT2D eigenvalue weighted by Gasteiger charge is -2.18. The Balaban J connectivity index is 1.58. The average molecular weight is 417 g/mol. The number of hydrogen-bond donors (Lipinski definition) is 2. The number of ether oxygens (including phenoxy) is 1. The predicted molar refractivity (Wildman–Crippen MR) is 119 cm³/mol. The van der Waals surface area contributed by atoms with E-state index in [1.165, 1.54) is 18.3 Å². The van der Waals surface area contributed by atoms with Gasteiger partial charge < -0.3 is 10.1 Å². The summed E-state index contributed by atoms with van der Waals surface area (Å²) in [7, 11) is 0. The van der Waals surface area contributed by atoms with Crippen LogP contribution in [0.5, 0.6) is 5.75 Å². The fourth-order valence-corrected chi connectivity index (χ4v) is 3.87. The van der Waals surface area contributed by atoms with Crippen LogP contribution in [0, 0.1) is 0 Å². The number of nitrogens with one attached hydrogen (secondary N) is 2. The summed E-state index contributed by atoms with van der Waals surface area (Å²) in [6.45, 7) is 1.46. The van der Waals surface area contributed by atoms with Crippen LogP contribution in [0.3, 0.4) is 0 Å². The number of anilines is 2. The second kappa shape index (κ2) is 8.75. The van der Waals surface area contributed by atoms with Gasteiger partial charge in [-0.2, -0.15) is 0 Å². The summed E-state index contributed by atoms with van der Waals surface area (Å²) in [5.74, 6) is 0.146. The number of amides is 2. The van der Waals surface area contributed by atoms with Crippen LogP contribution in [0.15, 0.2) is 78.9 Å². The Kier molecular flexibility index (Phi) is 5.72. The van der Waals surface area contributed by atoms with E-state index >= 15 is 0 Å². The number of benzene rings is 3. The SMILES string of the molecule is CC(=O)Nc1ccc2nc(NC(=O)C(Oc3ccccc3)c3ccccc3)sc2c1. The lowest BCUT2D eigenvalue weighted by molar-refractivity contribution is -0.123. The average Bonchev–Trinajstić information content (AvgIpc) is 3.14. The van der Waals surface area contributed by atoms with Crippen molar-refractivity contribution in [2.45, 2.75) is 13.0 Å². The minimum Gasteiger partial charge on any atom is -0.476 e. The zero-order valence-electron chi connectivity index (χ0n) is 16.2. The molecule has 4 rings (SSSR count). The van der Waals surface area contributed by atoms with Crippen molar-refractivity contribution in [2.75, 3.05) is 10.6 Å². The largest absolute Gasteiger partial charge is 0.476 e. The molecule has 0 fully saturated rings. The number of aromatic nitrogens is 1. The Morgan fingerprint density at radius 3 is 2.33 bits per heavy atom. The van der Waals surface area contributed by atoms with E-state index in [9.17, 15) is 9.59 Å². The van der Waals surface area contributed by atoms with E-state index < -0.39 is 6.10 Å². The van der Waals surface area contributed by atoms with E-state index in [1.54, 1.807) is 6.07 Å². The molecule has 6 nitrogen and oxygen atoms in total. The van der Waals surface area contributed by atoms with Gasteiger partial charge >= 0.3 is 0 Å². The van der Waals surface area contributed by atoms with E-state index in [2.05, 4.69) is 15.6 Å². The second-order valence-corrected chi connectivity index (χ2v) is 7.62. The second-order valence-electron chi connectivity index (χ2n) is 6.59. The molecular formula is C23H19N3O3S. The van der Waals surface area contributed by atoms with Crippen LogP contribution in [0.4, 0.5) is 10.8 Å². The van der Waals surface area contributed by atoms with Crippen LogP contribution in [0.2, 0.25) is 0 Å². The monoisotopic (exact) mass is 417 g/mol. The maximum absolute atomic E-state index is 13.1. The number of para-hydroxylation sites is 1. The van der Waals surface area contributed by atoms with Crippen molar-refractivity contribution in [3.05, 3.63) is 84.4 Å². The van der Waals surface area contributed by atoms with E-state index in [1.807, 2.05) is 72.8 Å². The lowest BCUT2D eigenvalue weighted by atomic mass is 10.1. The van der Waals surface area contributed by atoms with Gasteiger partial charge in [0.2, 0.25) is 12.0 Å². The van der Waals surface area contributed by atoms with Crippen molar-refractivity contribution in [2.24, 2.45) is 0 Å². The molecule has 0 saturated heterocycles. The molecule has 30 heavy (non-hydrogen) atoms. The molecule has 4 aromatic rings. The third-order valence-corrected chi connectivity index (χ3v) is 5.21. The number of hydrogen-bond acceptors (Lipinski definition) is 5. The molecule has 0 radical (unpaired) electrons. The molecule has 1 atom stereocenters. The van der Waals surface area contributed by atoms with Crippen LogP contribution < -0.4 is 15.4 Å². The molecule has 0 aliphatic rings. The fraction of sp³-hybridized carbons (Fsp3) is 0.0870. The van der Waals surface area contributed by atoms with Gasteiger partial charge in [-0.25, -0.2) is 4.98 Å². The molecule has 1 unspecified atom stereocenters. The van der Waals surface area contributed by atoms with Gasteiger partial charge in [-0.05, 0) is 30.3 Å².